The third-order valence-electron chi connectivity index (χ3n) is 5.72. The first-order valence-electron chi connectivity index (χ1n) is 10.7. The lowest BCUT2D eigenvalue weighted by Gasteiger charge is -2.22. The predicted octanol–water partition coefficient (Wildman–Crippen LogP) is 8.23. The van der Waals surface area contributed by atoms with E-state index in [9.17, 15) is 5.26 Å². The fourth-order valence-corrected chi connectivity index (χ4v) is 4.32. The molecule has 0 bridgehead atoms. The number of nitriles is 1. The van der Waals surface area contributed by atoms with Gasteiger partial charge in [0.25, 0.3) is 0 Å². The number of benzene rings is 5. The molecule has 0 radical (unpaired) electrons. The van der Waals surface area contributed by atoms with Crippen LogP contribution in [0.15, 0.2) is 127 Å². The Morgan fingerprint density at radius 3 is 1.22 bits per heavy atom. The quantitative estimate of drug-likeness (QED) is 0.294. The van der Waals surface area contributed by atoms with Crippen molar-refractivity contribution in [3.8, 4) is 50.6 Å². The Morgan fingerprint density at radius 2 is 0.781 bits per heavy atom. The Balaban J connectivity index is 1.99. The first-order valence-corrected chi connectivity index (χ1v) is 10.7. The van der Waals surface area contributed by atoms with Gasteiger partial charge in [0.2, 0.25) is 0 Å². The summed E-state index contributed by atoms with van der Waals surface area (Å²) in [5.74, 6) is 0. The molecule has 0 aliphatic rings. The maximum atomic E-state index is 10.2. The number of hydrogen-bond donors (Lipinski definition) is 0. The van der Waals surface area contributed by atoms with Gasteiger partial charge in [-0.2, -0.15) is 5.26 Å². The second-order valence-corrected chi connectivity index (χ2v) is 7.67. The van der Waals surface area contributed by atoms with Gasteiger partial charge in [0, 0.05) is 5.56 Å². The van der Waals surface area contributed by atoms with E-state index in [1.165, 1.54) is 0 Å². The zero-order chi connectivity index (χ0) is 21.8. The van der Waals surface area contributed by atoms with Crippen LogP contribution >= 0.6 is 0 Å². The smallest absolute Gasteiger partial charge is 0.0998 e. The largest absolute Gasteiger partial charge is 0.192 e. The van der Waals surface area contributed by atoms with Gasteiger partial charge in [-0.25, -0.2) is 0 Å². The molecule has 1 nitrogen and oxygen atoms in total. The van der Waals surface area contributed by atoms with E-state index in [2.05, 4.69) is 78.9 Å². The molecule has 0 aliphatic heterocycles. The van der Waals surface area contributed by atoms with Crippen LogP contribution < -0.4 is 0 Å². The Labute approximate surface area is 188 Å². The van der Waals surface area contributed by atoms with Crippen LogP contribution in [-0.2, 0) is 0 Å². The van der Waals surface area contributed by atoms with E-state index < -0.39 is 0 Å². The molecule has 32 heavy (non-hydrogen) atoms. The van der Waals surface area contributed by atoms with Gasteiger partial charge in [0.15, 0.2) is 0 Å². The van der Waals surface area contributed by atoms with Crippen LogP contribution in [0.2, 0.25) is 0 Å². The molecule has 0 N–H and O–H groups in total. The Bertz CT molecular complexity index is 1380. The molecule has 0 amide bonds. The highest BCUT2D eigenvalue weighted by Crippen LogP contribution is 2.47. The van der Waals surface area contributed by atoms with Crippen molar-refractivity contribution in [2.75, 3.05) is 0 Å². The molecule has 5 aromatic carbocycles. The summed E-state index contributed by atoms with van der Waals surface area (Å²) in [4.78, 5) is 0. The molecule has 0 spiro atoms. The normalized spacial score (nSPS) is 10.5. The van der Waals surface area contributed by atoms with Crippen LogP contribution in [0.5, 0.6) is 0 Å². The Kier molecular flexibility index (Phi) is 5.35. The predicted molar refractivity (Wildman–Crippen MR) is 133 cm³/mol. The van der Waals surface area contributed by atoms with Gasteiger partial charge >= 0.3 is 0 Å². The third-order valence-corrected chi connectivity index (χ3v) is 5.72. The zero-order valence-corrected chi connectivity index (χ0v) is 17.6. The molecule has 5 rings (SSSR count). The van der Waals surface area contributed by atoms with Crippen molar-refractivity contribution in [3.05, 3.63) is 133 Å². The summed E-state index contributed by atoms with van der Waals surface area (Å²) in [5, 5.41) is 10.2. The van der Waals surface area contributed by atoms with Crippen molar-refractivity contribution in [3.63, 3.8) is 0 Å². The molecule has 0 atom stereocenters. The highest BCUT2D eigenvalue weighted by atomic mass is 14.3. The SMILES string of the molecule is N#Cc1cc(-c2ccccc2)c(-c2ccccc2)c(-c2ccccc2)c1-c1ccccc1. The van der Waals surface area contributed by atoms with E-state index >= 15 is 0 Å². The number of rotatable bonds is 4. The molecule has 0 aromatic heterocycles. The standard InChI is InChI=1S/C31H21N/c32-22-27-21-28(23-13-5-1-6-14-23)30(25-17-9-3-10-18-25)31(26-19-11-4-12-20-26)29(27)24-15-7-2-8-16-24/h1-21H. The van der Waals surface area contributed by atoms with Crippen molar-refractivity contribution in [2.24, 2.45) is 0 Å². The summed E-state index contributed by atoms with van der Waals surface area (Å²) in [6.45, 7) is 0. The first-order chi connectivity index (χ1) is 15.9. The van der Waals surface area contributed by atoms with Crippen LogP contribution in [0.1, 0.15) is 5.56 Å². The van der Waals surface area contributed by atoms with E-state index in [0.717, 1.165) is 44.5 Å². The lowest BCUT2D eigenvalue weighted by molar-refractivity contribution is 1.46. The first kappa shape index (κ1) is 19.5. The van der Waals surface area contributed by atoms with Crippen LogP contribution in [0, 0.1) is 11.3 Å². The summed E-state index contributed by atoms with van der Waals surface area (Å²) in [6.07, 6.45) is 0. The van der Waals surface area contributed by atoms with Gasteiger partial charge in [-0.3, -0.25) is 0 Å². The average molecular weight is 408 g/mol. The molecule has 0 unspecified atom stereocenters. The molecule has 0 heterocycles. The third kappa shape index (κ3) is 3.60. The van der Waals surface area contributed by atoms with E-state index in [-0.39, 0.29) is 0 Å². The molecule has 0 saturated heterocycles. The lowest BCUT2D eigenvalue weighted by Crippen LogP contribution is -1.98. The number of hydrogen-bond acceptors (Lipinski definition) is 1. The van der Waals surface area contributed by atoms with Crippen LogP contribution in [0.4, 0.5) is 0 Å². The van der Waals surface area contributed by atoms with Crippen molar-refractivity contribution >= 4 is 0 Å². The van der Waals surface area contributed by atoms with Gasteiger partial charge < -0.3 is 0 Å². The molecule has 1 heteroatoms. The Hall–Kier alpha value is -4.41. The Morgan fingerprint density at radius 1 is 0.406 bits per heavy atom. The minimum absolute atomic E-state index is 0.675. The summed E-state index contributed by atoms with van der Waals surface area (Å²) in [6, 6.07) is 46.0. The molecular weight excluding hydrogens is 386 g/mol. The molecule has 5 aromatic rings. The summed E-state index contributed by atoms with van der Waals surface area (Å²) < 4.78 is 0. The maximum Gasteiger partial charge on any atom is 0.0998 e. The van der Waals surface area contributed by atoms with Crippen molar-refractivity contribution < 1.29 is 0 Å². The van der Waals surface area contributed by atoms with Crippen LogP contribution in [0.25, 0.3) is 44.5 Å². The zero-order valence-electron chi connectivity index (χ0n) is 17.6. The molecular formula is C31H21N. The number of nitrogens with zero attached hydrogens (tertiary/aromatic N) is 1. The van der Waals surface area contributed by atoms with E-state index in [1.54, 1.807) is 0 Å². The second kappa shape index (κ2) is 8.76. The summed E-state index contributed by atoms with van der Waals surface area (Å²) >= 11 is 0. The van der Waals surface area contributed by atoms with Gasteiger partial charge in [-0.05, 0) is 45.0 Å². The van der Waals surface area contributed by atoms with Crippen molar-refractivity contribution in [2.45, 2.75) is 0 Å². The maximum absolute atomic E-state index is 10.2. The topological polar surface area (TPSA) is 23.8 Å². The van der Waals surface area contributed by atoms with E-state index in [0.29, 0.717) is 5.56 Å². The molecule has 0 aliphatic carbocycles. The fourth-order valence-electron chi connectivity index (χ4n) is 4.32. The van der Waals surface area contributed by atoms with Gasteiger partial charge in [0.05, 0.1) is 11.6 Å². The van der Waals surface area contributed by atoms with Crippen LogP contribution in [0.3, 0.4) is 0 Å². The van der Waals surface area contributed by atoms with Gasteiger partial charge in [0.1, 0.15) is 0 Å². The molecule has 150 valence electrons. The highest BCUT2D eigenvalue weighted by Gasteiger charge is 2.22. The van der Waals surface area contributed by atoms with Crippen molar-refractivity contribution in [1.82, 2.24) is 0 Å². The molecule has 0 saturated carbocycles. The molecule has 0 fully saturated rings. The minimum atomic E-state index is 0.675. The summed E-state index contributed by atoms with van der Waals surface area (Å²) in [5.41, 5.74) is 9.30. The second-order valence-electron chi connectivity index (χ2n) is 7.67. The average Bonchev–Trinajstić information content (AvgIpc) is 2.89. The summed E-state index contributed by atoms with van der Waals surface area (Å²) in [7, 11) is 0. The van der Waals surface area contributed by atoms with Crippen molar-refractivity contribution in [1.29, 1.82) is 5.26 Å². The van der Waals surface area contributed by atoms with Gasteiger partial charge in [-0.15, -0.1) is 0 Å². The highest BCUT2D eigenvalue weighted by molar-refractivity contribution is 6.03. The lowest BCUT2D eigenvalue weighted by atomic mass is 9.80. The monoisotopic (exact) mass is 407 g/mol. The van der Waals surface area contributed by atoms with E-state index in [1.807, 2.05) is 54.6 Å². The van der Waals surface area contributed by atoms with E-state index in [4.69, 9.17) is 0 Å². The minimum Gasteiger partial charge on any atom is -0.192 e. The fraction of sp³-hybridized carbons (Fsp3) is 0. The van der Waals surface area contributed by atoms with Gasteiger partial charge in [-0.1, -0.05) is 121 Å². The van der Waals surface area contributed by atoms with Crippen LogP contribution in [-0.4, -0.2) is 0 Å².